The summed E-state index contributed by atoms with van der Waals surface area (Å²) < 4.78 is 7.07. The highest BCUT2D eigenvalue weighted by atomic mass is 16.5. The number of para-hydroxylation sites is 1. The molecule has 5 nitrogen and oxygen atoms in total. The van der Waals surface area contributed by atoms with Crippen LogP contribution >= 0.6 is 0 Å². The SMILES string of the molecule is COc1cnn(C)c1C(N)c1cc(C)c2ccccc2n1. The number of ether oxygens (including phenoxy) is 1. The van der Waals surface area contributed by atoms with E-state index in [1.54, 1.807) is 18.0 Å². The second-order valence-corrected chi connectivity index (χ2v) is 5.08. The number of pyridine rings is 1. The Labute approximate surface area is 123 Å². The highest BCUT2D eigenvalue weighted by molar-refractivity contribution is 5.82. The Morgan fingerprint density at radius 3 is 2.81 bits per heavy atom. The zero-order valence-corrected chi connectivity index (χ0v) is 12.4. The van der Waals surface area contributed by atoms with Crippen LogP contribution in [-0.4, -0.2) is 21.9 Å². The first kappa shape index (κ1) is 13.6. The number of fused-ring (bicyclic) bond motifs is 1. The van der Waals surface area contributed by atoms with E-state index < -0.39 is 0 Å². The number of hydrogen-bond acceptors (Lipinski definition) is 4. The number of aromatic nitrogens is 3. The number of nitrogens with zero attached hydrogens (tertiary/aromatic N) is 3. The summed E-state index contributed by atoms with van der Waals surface area (Å²) in [7, 11) is 3.47. The van der Waals surface area contributed by atoms with Crippen molar-refractivity contribution in [3.8, 4) is 5.75 Å². The summed E-state index contributed by atoms with van der Waals surface area (Å²) >= 11 is 0. The lowest BCUT2D eigenvalue weighted by atomic mass is 10.0. The molecule has 2 aromatic heterocycles. The van der Waals surface area contributed by atoms with Crippen molar-refractivity contribution in [2.24, 2.45) is 12.8 Å². The quantitative estimate of drug-likeness (QED) is 0.800. The maximum atomic E-state index is 6.39. The average Bonchev–Trinajstić information content (AvgIpc) is 2.87. The normalized spacial score (nSPS) is 12.6. The molecule has 1 unspecified atom stereocenters. The molecule has 5 heteroatoms. The van der Waals surface area contributed by atoms with Gasteiger partial charge in [0.05, 0.1) is 30.6 Å². The molecule has 0 saturated carbocycles. The fourth-order valence-corrected chi connectivity index (χ4v) is 2.61. The van der Waals surface area contributed by atoms with Crippen molar-refractivity contribution in [1.29, 1.82) is 0 Å². The molecule has 3 aromatic rings. The third kappa shape index (κ3) is 2.25. The van der Waals surface area contributed by atoms with Crippen molar-refractivity contribution in [3.63, 3.8) is 0 Å². The van der Waals surface area contributed by atoms with Gasteiger partial charge in [-0.05, 0) is 24.6 Å². The van der Waals surface area contributed by atoms with Gasteiger partial charge >= 0.3 is 0 Å². The van der Waals surface area contributed by atoms with E-state index in [2.05, 4.69) is 23.1 Å². The number of aryl methyl sites for hydroxylation is 2. The van der Waals surface area contributed by atoms with E-state index in [1.807, 2.05) is 31.3 Å². The van der Waals surface area contributed by atoms with E-state index in [0.717, 1.165) is 27.9 Å². The zero-order chi connectivity index (χ0) is 15.0. The van der Waals surface area contributed by atoms with Crippen LogP contribution in [0.25, 0.3) is 10.9 Å². The molecular formula is C16H18N4O. The number of nitrogens with two attached hydrogens (primary N) is 1. The summed E-state index contributed by atoms with van der Waals surface area (Å²) in [5, 5.41) is 5.35. The fourth-order valence-electron chi connectivity index (χ4n) is 2.61. The standard InChI is InChI=1S/C16H18N4O/c1-10-8-13(19-12-7-5-4-6-11(10)12)15(17)16-14(21-3)9-18-20(16)2/h4-9,15H,17H2,1-3H3. The molecule has 0 aliphatic carbocycles. The summed E-state index contributed by atoms with van der Waals surface area (Å²) in [4.78, 5) is 4.69. The van der Waals surface area contributed by atoms with Crippen LogP contribution in [0.5, 0.6) is 5.75 Å². The molecule has 0 radical (unpaired) electrons. The predicted octanol–water partition coefficient (Wildman–Crippen LogP) is 2.33. The Kier molecular flexibility index (Phi) is 3.35. The van der Waals surface area contributed by atoms with Crippen LogP contribution in [0.2, 0.25) is 0 Å². The fraction of sp³-hybridized carbons (Fsp3) is 0.250. The molecule has 0 aliphatic heterocycles. The summed E-state index contributed by atoms with van der Waals surface area (Å²) in [6, 6.07) is 9.71. The minimum absolute atomic E-state index is 0.379. The average molecular weight is 282 g/mol. The van der Waals surface area contributed by atoms with Crippen molar-refractivity contribution >= 4 is 10.9 Å². The number of benzene rings is 1. The van der Waals surface area contributed by atoms with E-state index in [1.165, 1.54) is 0 Å². The Morgan fingerprint density at radius 1 is 1.29 bits per heavy atom. The van der Waals surface area contributed by atoms with Gasteiger partial charge in [0.1, 0.15) is 5.69 Å². The molecule has 2 heterocycles. The molecule has 0 bridgehead atoms. The Morgan fingerprint density at radius 2 is 2.05 bits per heavy atom. The summed E-state index contributed by atoms with van der Waals surface area (Å²) in [6.45, 7) is 2.07. The van der Waals surface area contributed by atoms with E-state index in [9.17, 15) is 0 Å². The zero-order valence-electron chi connectivity index (χ0n) is 12.4. The van der Waals surface area contributed by atoms with Crippen molar-refractivity contribution in [1.82, 2.24) is 14.8 Å². The summed E-state index contributed by atoms with van der Waals surface area (Å²) in [5.41, 5.74) is 10.1. The molecule has 0 spiro atoms. The van der Waals surface area contributed by atoms with E-state index in [-0.39, 0.29) is 6.04 Å². The third-order valence-corrected chi connectivity index (χ3v) is 3.73. The first-order valence-corrected chi connectivity index (χ1v) is 6.79. The molecular weight excluding hydrogens is 264 g/mol. The molecule has 1 aromatic carbocycles. The second kappa shape index (κ2) is 5.18. The van der Waals surface area contributed by atoms with Crippen LogP contribution < -0.4 is 10.5 Å². The van der Waals surface area contributed by atoms with Crippen molar-refractivity contribution in [2.45, 2.75) is 13.0 Å². The van der Waals surface area contributed by atoms with Crippen LogP contribution in [0.15, 0.2) is 36.5 Å². The number of rotatable bonds is 3. The molecule has 0 amide bonds. The topological polar surface area (TPSA) is 66.0 Å². The molecule has 0 aliphatic rings. The van der Waals surface area contributed by atoms with E-state index in [0.29, 0.717) is 5.75 Å². The number of methoxy groups -OCH3 is 1. The van der Waals surface area contributed by atoms with Crippen LogP contribution in [0, 0.1) is 6.92 Å². The maximum Gasteiger partial charge on any atom is 0.161 e. The van der Waals surface area contributed by atoms with Gasteiger partial charge in [0, 0.05) is 12.4 Å². The van der Waals surface area contributed by atoms with Crippen LogP contribution in [-0.2, 0) is 7.05 Å². The van der Waals surface area contributed by atoms with Gasteiger partial charge in [-0.2, -0.15) is 5.10 Å². The highest BCUT2D eigenvalue weighted by Crippen LogP contribution is 2.28. The largest absolute Gasteiger partial charge is 0.493 e. The van der Waals surface area contributed by atoms with Gasteiger partial charge in [0.2, 0.25) is 0 Å². The second-order valence-electron chi connectivity index (χ2n) is 5.08. The van der Waals surface area contributed by atoms with Crippen molar-refractivity contribution in [3.05, 3.63) is 53.5 Å². The smallest absolute Gasteiger partial charge is 0.161 e. The van der Waals surface area contributed by atoms with Crippen LogP contribution in [0.4, 0.5) is 0 Å². The van der Waals surface area contributed by atoms with Crippen LogP contribution in [0.1, 0.15) is 23.0 Å². The lowest BCUT2D eigenvalue weighted by molar-refractivity contribution is 0.405. The van der Waals surface area contributed by atoms with E-state index >= 15 is 0 Å². The molecule has 0 fully saturated rings. The minimum atomic E-state index is -0.379. The predicted molar refractivity (Wildman–Crippen MR) is 82.3 cm³/mol. The molecule has 108 valence electrons. The van der Waals surface area contributed by atoms with Gasteiger partial charge in [0.15, 0.2) is 5.75 Å². The van der Waals surface area contributed by atoms with Gasteiger partial charge in [-0.1, -0.05) is 18.2 Å². The van der Waals surface area contributed by atoms with Gasteiger partial charge < -0.3 is 10.5 Å². The molecule has 1 atom stereocenters. The summed E-state index contributed by atoms with van der Waals surface area (Å²) in [6.07, 6.45) is 1.67. The monoisotopic (exact) mass is 282 g/mol. The number of hydrogen-bond donors (Lipinski definition) is 1. The molecule has 0 saturated heterocycles. The van der Waals surface area contributed by atoms with Gasteiger partial charge in [0.25, 0.3) is 0 Å². The van der Waals surface area contributed by atoms with Gasteiger partial charge in [-0.15, -0.1) is 0 Å². The Balaban J connectivity index is 2.13. The molecule has 2 N–H and O–H groups in total. The van der Waals surface area contributed by atoms with Crippen molar-refractivity contribution in [2.75, 3.05) is 7.11 Å². The van der Waals surface area contributed by atoms with E-state index in [4.69, 9.17) is 10.5 Å². The van der Waals surface area contributed by atoms with Gasteiger partial charge in [-0.25, -0.2) is 0 Å². The van der Waals surface area contributed by atoms with Crippen molar-refractivity contribution < 1.29 is 4.74 Å². The van der Waals surface area contributed by atoms with Gasteiger partial charge in [-0.3, -0.25) is 9.67 Å². The molecule has 3 rings (SSSR count). The third-order valence-electron chi connectivity index (χ3n) is 3.73. The lowest BCUT2D eigenvalue weighted by Gasteiger charge is -2.15. The first-order chi connectivity index (χ1) is 10.1. The minimum Gasteiger partial charge on any atom is -0.493 e. The highest BCUT2D eigenvalue weighted by Gasteiger charge is 2.20. The Hall–Kier alpha value is -2.40. The lowest BCUT2D eigenvalue weighted by Crippen LogP contribution is -2.18. The maximum absolute atomic E-state index is 6.39. The Bertz CT molecular complexity index is 794. The molecule has 21 heavy (non-hydrogen) atoms. The summed E-state index contributed by atoms with van der Waals surface area (Å²) in [5.74, 6) is 0.678. The van der Waals surface area contributed by atoms with Crippen LogP contribution in [0.3, 0.4) is 0 Å². The first-order valence-electron chi connectivity index (χ1n) is 6.79.